The Morgan fingerprint density at radius 3 is 2.68 bits per heavy atom. The number of benzene rings is 1. The third kappa shape index (κ3) is 2.64. The highest BCUT2D eigenvalue weighted by molar-refractivity contribution is 5.94. The predicted octanol–water partition coefficient (Wildman–Crippen LogP) is 4.44. The van der Waals surface area contributed by atoms with Crippen LogP contribution >= 0.6 is 0 Å². The fourth-order valence-electron chi connectivity index (χ4n) is 2.01. The zero-order chi connectivity index (χ0) is 14.0. The molecule has 2 rings (SSSR count). The van der Waals surface area contributed by atoms with Crippen LogP contribution in [0.25, 0.3) is 10.9 Å². The van der Waals surface area contributed by atoms with Crippen LogP contribution in [0.2, 0.25) is 0 Å². The van der Waals surface area contributed by atoms with Gasteiger partial charge in [0.1, 0.15) is 17.0 Å². The van der Waals surface area contributed by atoms with Gasteiger partial charge in [-0.15, -0.1) is 0 Å². The monoisotopic (exact) mass is 268 g/mol. The van der Waals surface area contributed by atoms with E-state index < -0.39 is 17.9 Å². The summed E-state index contributed by atoms with van der Waals surface area (Å²) in [6.45, 7) is 4.41. The van der Waals surface area contributed by atoms with E-state index in [4.69, 9.17) is 0 Å². The molecule has 19 heavy (non-hydrogen) atoms. The summed E-state index contributed by atoms with van der Waals surface area (Å²) in [6.07, 6.45) is -1.87. The summed E-state index contributed by atoms with van der Waals surface area (Å²) in [5, 5.41) is 3.63. The number of alkyl halides is 2. The third-order valence-electron chi connectivity index (χ3n) is 2.93. The van der Waals surface area contributed by atoms with E-state index in [0.717, 1.165) is 12.0 Å². The molecule has 0 spiro atoms. The molecule has 0 amide bonds. The van der Waals surface area contributed by atoms with Crippen molar-refractivity contribution in [2.75, 3.05) is 11.9 Å². The maximum absolute atomic E-state index is 13.8. The molecule has 1 aromatic carbocycles. The Kier molecular flexibility index (Phi) is 3.93. The van der Waals surface area contributed by atoms with Gasteiger partial charge in [0.15, 0.2) is 0 Å². The van der Waals surface area contributed by atoms with Gasteiger partial charge in [-0.25, -0.2) is 18.2 Å². The second-order valence-corrected chi connectivity index (χ2v) is 4.41. The van der Waals surface area contributed by atoms with Gasteiger partial charge in [0.25, 0.3) is 6.43 Å². The lowest BCUT2D eigenvalue weighted by molar-refractivity contribution is 0.146. The number of halogens is 3. The topological polar surface area (TPSA) is 24.9 Å². The van der Waals surface area contributed by atoms with E-state index in [9.17, 15) is 13.2 Å². The molecule has 0 bridgehead atoms. The normalized spacial score (nSPS) is 11.3. The molecular formula is C14H15F3N2. The van der Waals surface area contributed by atoms with Gasteiger partial charge in [0.2, 0.25) is 0 Å². The van der Waals surface area contributed by atoms with Crippen molar-refractivity contribution in [3.8, 4) is 0 Å². The van der Waals surface area contributed by atoms with Crippen LogP contribution in [0.1, 0.15) is 31.0 Å². The second-order valence-electron chi connectivity index (χ2n) is 4.41. The van der Waals surface area contributed by atoms with Crippen LogP contribution in [0.3, 0.4) is 0 Å². The van der Waals surface area contributed by atoms with Gasteiger partial charge >= 0.3 is 0 Å². The quantitative estimate of drug-likeness (QED) is 0.886. The molecule has 102 valence electrons. The molecule has 0 radical (unpaired) electrons. The van der Waals surface area contributed by atoms with Gasteiger partial charge < -0.3 is 5.32 Å². The molecule has 0 aliphatic rings. The molecule has 1 aromatic heterocycles. The number of hydrogen-bond donors (Lipinski definition) is 1. The first-order chi connectivity index (χ1) is 9.04. The number of nitrogens with one attached hydrogen (secondary N) is 1. The van der Waals surface area contributed by atoms with Crippen LogP contribution in [-0.2, 0) is 0 Å². The Morgan fingerprint density at radius 2 is 2.05 bits per heavy atom. The van der Waals surface area contributed by atoms with Gasteiger partial charge in [-0.1, -0.05) is 13.0 Å². The number of nitrogens with zero attached hydrogens (tertiary/aromatic N) is 1. The molecule has 1 N–H and O–H groups in total. The van der Waals surface area contributed by atoms with E-state index in [1.54, 1.807) is 6.07 Å². The predicted molar refractivity (Wildman–Crippen MR) is 70.2 cm³/mol. The molecule has 2 nitrogen and oxygen atoms in total. The highest BCUT2D eigenvalue weighted by Crippen LogP contribution is 2.31. The van der Waals surface area contributed by atoms with Crippen molar-refractivity contribution < 1.29 is 13.2 Å². The van der Waals surface area contributed by atoms with Gasteiger partial charge in [-0.05, 0) is 31.0 Å². The lowest BCUT2D eigenvalue weighted by Gasteiger charge is -2.13. The van der Waals surface area contributed by atoms with Crippen LogP contribution in [0.5, 0.6) is 0 Å². The highest BCUT2D eigenvalue weighted by atomic mass is 19.3. The maximum atomic E-state index is 13.8. The summed E-state index contributed by atoms with van der Waals surface area (Å²) in [5.74, 6) is -0.581. The Labute approximate surface area is 109 Å². The van der Waals surface area contributed by atoms with E-state index in [0.29, 0.717) is 17.6 Å². The molecular weight excluding hydrogens is 253 g/mol. The number of aryl methyl sites for hydroxylation is 1. The van der Waals surface area contributed by atoms with E-state index in [1.165, 1.54) is 12.1 Å². The lowest BCUT2D eigenvalue weighted by atomic mass is 10.1. The third-order valence-corrected chi connectivity index (χ3v) is 2.93. The summed E-state index contributed by atoms with van der Waals surface area (Å²) in [7, 11) is 0. The van der Waals surface area contributed by atoms with Gasteiger partial charge in [-0.3, -0.25) is 0 Å². The zero-order valence-corrected chi connectivity index (χ0v) is 10.8. The van der Waals surface area contributed by atoms with Crippen LogP contribution in [-0.4, -0.2) is 11.5 Å². The smallest absolute Gasteiger partial charge is 0.280 e. The molecule has 0 saturated heterocycles. The standard InChI is InChI=1S/C14H15F3N2/c1-3-6-18-10-7-11(14(16)17)19-13-9(15)5-4-8(2)12(10)13/h4-5,7,14H,3,6H2,1-2H3,(H,18,19). The molecule has 0 fully saturated rings. The minimum Gasteiger partial charge on any atom is -0.384 e. The first-order valence-electron chi connectivity index (χ1n) is 6.16. The van der Waals surface area contributed by atoms with Crippen LogP contribution < -0.4 is 5.32 Å². The lowest BCUT2D eigenvalue weighted by Crippen LogP contribution is -2.04. The summed E-state index contributed by atoms with van der Waals surface area (Å²) < 4.78 is 39.4. The molecule has 0 aliphatic heterocycles. The van der Waals surface area contributed by atoms with Gasteiger partial charge in [0, 0.05) is 17.6 Å². The van der Waals surface area contributed by atoms with Crippen LogP contribution in [0.4, 0.5) is 18.9 Å². The first kappa shape index (κ1) is 13.6. The number of anilines is 1. The van der Waals surface area contributed by atoms with Crippen molar-refractivity contribution in [3.05, 3.63) is 35.3 Å². The van der Waals surface area contributed by atoms with Crippen LogP contribution in [0.15, 0.2) is 18.2 Å². The largest absolute Gasteiger partial charge is 0.384 e. The van der Waals surface area contributed by atoms with Crippen molar-refractivity contribution in [1.82, 2.24) is 4.98 Å². The molecule has 2 aromatic rings. The van der Waals surface area contributed by atoms with Crippen molar-refractivity contribution in [1.29, 1.82) is 0 Å². The molecule has 0 unspecified atom stereocenters. The van der Waals surface area contributed by atoms with Crippen molar-refractivity contribution in [2.45, 2.75) is 26.7 Å². The molecule has 1 heterocycles. The second kappa shape index (κ2) is 5.47. The van der Waals surface area contributed by atoms with E-state index in [2.05, 4.69) is 10.3 Å². The number of pyridine rings is 1. The van der Waals surface area contributed by atoms with Crippen molar-refractivity contribution >= 4 is 16.6 Å². The Morgan fingerprint density at radius 1 is 1.32 bits per heavy atom. The number of fused-ring (bicyclic) bond motifs is 1. The minimum atomic E-state index is -2.72. The summed E-state index contributed by atoms with van der Waals surface area (Å²) in [6, 6.07) is 4.18. The zero-order valence-electron chi connectivity index (χ0n) is 10.8. The Hall–Kier alpha value is -1.78. The summed E-state index contributed by atoms with van der Waals surface area (Å²) in [4.78, 5) is 3.74. The fourth-order valence-corrected chi connectivity index (χ4v) is 2.01. The highest BCUT2D eigenvalue weighted by Gasteiger charge is 2.16. The molecule has 0 aliphatic carbocycles. The van der Waals surface area contributed by atoms with Crippen LogP contribution in [0, 0.1) is 12.7 Å². The van der Waals surface area contributed by atoms with Crippen molar-refractivity contribution in [2.24, 2.45) is 0 Å². The minimum absolute atomic E-state index is 0.00333. The first-order valence-corrected chi connectivity index (χ1v) is 6.16. The van der Waals surface area contributed by atoms with E-state index in [-0.39, 0.29) is 5.52 Å². The maximum Gasteiger partial charge on any atom is 0.280 e. The Balaban J connectivity index is 2.70. The fraction of sp³-hybridized carbons (Fsp3) is 0.357. The summed E-state index contributed by atoms with van der Waals surface area (Å²) in [5.41, 5.74) is 0.912. The summed E-state index contributed by atoms with van der Waals surface area (Å²) >= 11 is 0. The van der Waals surface area contributed by atoms with Gasteiger partial charge in [-0.2, -0.15) is 0 Å². The number of hydrogen-bond acceptors (Lipinski definition) is 2. The van der Waals surface area contributed by atoms with Crippen molar-refractivity contribution in [3.63, 3.8) is 0 Å². The molecule has 0 atom stereocenters. The Bertz CT molecular complexity index is 597. The number of rotatable bonds is 4. The SMILES string of the molecule is CCCNc1cc(C(F)F)nc2c(F)ccc(C)c12. The molecule has 0 saturated carbocycles. The van der Waals surface area contributed by atoms with E-state index in [1.807, 2.05) is 13.8 Å². The average Bonchev–Trinajstić information content (AvgIpc) is 2.39. The molecule has 5 heteroatoms. The van der Waals surface area contributed by atoms with Gasteiger partial charge in [0.05, 0.1) is 0 Å². The number of aromatic nitrogens is 1. The van der Waals surface area contributed by atoms with E-state index >= 15 is 0 Å². The average molecular weight is 268 g/mol.